The minimum Gasteiger partial charge on any atom is -0.482 e. The molecule has 1 heterocycles. The molecule has 1 aliphatic heterocycles. The molecule has 2 aromatic rings. The maximum Gasteiger partial charge on any atom is 0.308 e. The van der Waals surface area contributed by atoms with E-state index in [0.717, 1.165) is 5.56 Å². The fraction of sp³-hybridized carbons (Fsp3) is 0.286. The molecule has 0 bridgehead atoms. The first-order chi connectivity index (χ1) is 13.9. The average molecular weight is 417 g/mol. The van der Waals surface area contributed by atoms with Gasteiger partial charge in [0, 0.05) is 11.6 Å². The smallest absolute Gasteiger partial charge is 0.308 e. The van der Waals surface area contributed by atoms with E-state index in [-0.39, 0.29) is 38.1 Å². The molecule has 0 aliphatic carbocycles. The lowest BCUT2D eigenvalue weighted by Gasteiger charge is -2.28. The molecule has 0 saturated carbocycles. The van der Waals surface area contributed by atoms with Gasteiger partial charge in [-0.2, -0.15) is 0 Å². The molecule has 0 fully saturated rings. The molecule has 8 heteroatoms. The zero-order chi connectivity index (χ0) is 20.8. The summed E-state index contributed by atoms with van der Waals surface area (Å²) >= 11 is 5.85. The van der Waals surface area contributed by atoms with Crippen LogP contribution in [0.15, 0.2) is 48.5 Å². The maximum atomic E-state index is 12.1. The van der Waals surface area contributed by atoms with Crippen molar-refractivity contribution in [3.8, 4) is 5.75 Å². The van der Waals surface area contributed by atoms with Crippen LogP contribution in [0.25, 0.3) is 0 Å². The number of carbonyl (C=O) groups excluding carboxylic acids is 3. The Balaban J connectivity index is 1.45. The monoisotopic (exact) mass is 416 g/mol. The fourth-order valence-electron chi connectivity index (χ4n) is 2.94. The van der Waals surface area contributed by atoms with Gasteiger partial charge in [0.2, 0.25) is 0 Å². The number of rotatable bonds is 7. The fourth-order valence-corrected chi connectivity index (χ4v) is 3.06. The van der Waals surface area contributed by atoms with Crippen LogP contribution in [0, 0.1) is 0 Å². The second-order valence-corrected chi connectivity index (χ2v) is 6.99. The number of nitrogens with one attached hydrogen (secondary N) is 1. The molecular formula is C21H21ClN2O5. The first kappa shape index (κ1) is 20.7. The number of hydrogen-bond donors (Lipinski definition) is 1. The van der Waals surface area contributed by atoms with Crippen molar-refractivity contribution in [3.05, 3.63) is 59.1 Å². The summed E-state index contributed by atoms with van der Waals surface area (Å²) in [4.78, 5) is 37.6. The van der Waals surface area contributed by atoms with Crippen molar-refractivity contribution in [1.29, 1.82) is 0 Å². The maximum absolute atomic E-state index is 12.1. The minimum absolute atomic E-state index is 0.0277. The van der Waals surface area contributed by atoms with E-state index in [0.29, 0.717) is 16.5 Å². The molecule has 152 valence electrons. The van der Waals surface area contributed by atoms with Gasteiger partial charge in [-0.05, 0) is 36.8 Å². The molecule has 29 heavy (non-hydrogen) atoms. The van der Waals surface area contributed by atoms with Crippen molar-refractivity contribution in [2.24, 2.45) is 0 Å². The van der Waals surface area contributed by atoms with Gasteiger partial charge in [-0.1, -0.05) is 35.9 Å². The first-order valence-corrected chi connectivity index (χ1v) is 9.54. The number of anilines is 1. The normalized spacial score (nSPS) is 13.9. The summed E-state index contributed by atoms with van der Waals surface area (Å²) < 4.78 is 10.4. The van der Waals surface area contributed by atoms with Crippen molar-refractivity contribution in [1.82, 2.24) is 5.32 Å². The van der Waals surface area contributed by atoms with Crippen LogP contribution in [0.2, 0.25) is 5.02 Å². The van der Waals surface area contributed by atoms with Crippen LogP contribution in [-0.2, 0) is 19.1 Å². The lowest BCUT2D eigenvalue weighted by Crippen LogP contribution is -2.40. The number of amides is 2. The van der Waals surface area contributed by atoms with E-state index in [4.69, 9.17) is 21.1 Å². The van der Waals surface area contributed by atoms with Crippen LogP contribution >= 0.6 is 11.6 Å². The number of fused-ring (bicyclic) bond motifs is 1. The zero-order valence-electron chi connectivity index (χ0n) is 15.9. The third kappa shape index (κ3) is 5.48. The highest BCUT2D eigenvalue weighted by molar-refractivity contribution is 6.30. The van der Waals surface area contributed by atoms with Crippen LogP contribution in [0.5, 0.6) is 5.75 Å². The van der Waals surface area contributed by atoms with E-state index in [2.05, 4.69) is 5.32 Å². The first-order valence-electron chi connectivity index (χ1n) is 9.16. The van der Waals surface area contributed by atoms with Crippen LogP contribution in [0.4, 0.5) is 5.69 Å². The molecule has 1 atom stereocenters. The molecule has 0 aromatic heterocycles. The predicted molar refractivity (Wildman–Crippen MR) is 108 cm³/mol. The van der Waals surface area contributed by atoms with Gasteiger partial charge in [0.15, 0.2) is 13.2 Å². The van der Waals surface area contributed by atoms with Crippen LogP contribution in [-0.4, -0.2) is 37.5 Å². The van der Waals surface area contributed by atoms with E-state index in [1.54, 1.807) is 30.3 Å². The van der Waals surface area contributed by atoms with Gasteiger partial charge in [-0.15, -0.1) is 0 Å². The Hall–Kier alpha value is -3.06. The van der Waals surface area contributed by atoms with Gasteiger partial charge >= 0.3 is 5.97 Å². The molecule has 0 unspecified atom stereocenters. The number of halogens is 1. The molecule has 2 aromatic carbocycles. The summed E-state index contributed by atoms with van der Waals surface area (Å²) in [5.41, 5.74) is 1.50. The van der Waals surface area contributed by atoms with Crippen LogP contribution in [0.3, 0.4) is 0 Å². The molecule has 1 aliphatic rings. The van der Waals surface area contributed by atoms with Gasteiger partial charge in [-0.3, -0.25) is 14.4 Å². The second kappa shape index (κ2) is 9.43. The van der Waals surface area contributed by atoms with E-state index in [9.17, 15) is 14.4 Å². The summed E-state index contributed by atoms with van der Waals surface area (Å²) in [7, 11) is 0. The molecule has 3 rings (SSSR count). The predicted octanol–water partition coefficient (Wildman–Crippen LogP) is 2.88. The van der Waals surface area contributed by atoms with Crippen LogP contribution < -0.4 is 15.0 Å². The highest BCUT2D eigenvalue weighted by atomic mass is 35.5. The van der Waals surface area contributed by atoms with Crippen molar-refractivity contribution in [2.45, 2.75) is 19.4 Å². The topological polar surface area (TPSA) is 84.9 Å². The third-order valence-electron chi connectivity index (χ3n) is 4.46. The van der Waals surface area contributed by atoms with E-state index in [1.165, 1.54) is 4.90 Å². The summed E-state index contributed by atoms with van der Waals surface area (Å²) in [6, 6.07) is 14.0. The van der Waals surface area contributed by atoms with E-state index >= 15 is 0 Å². The molecule has 7 nitrogen and oxygen atoms in total. The number of para-hydroxylation sites is 2. The van der Waals surface area contributed by atoms with Gasteiger partial charge in [0.1, 0.15) is 5.75 Å². The number of benzene rings is 2. The number of carbonyl (C=O) groups is 3. The lowest BCUT2D eigenvalue weighted by molar-refractivity contribution is -0.148. The summed E-state index contributed by atoms with van der Waals surface area (Å²) in [6.45, 7) is 1.52. The number of ether oxygens (including phenoxy) is 2. The largest absolute Gasteiger partial charge is 0.482 e. The molecule has 2 amide bonds. The second-order valence-electron chi connectivity index (χ2n) is 6.55. The highest BCUT2D eigenvalue weighted by Crippen LogP contribution is 2.31. The summed E-state index contributed by atoms with van der Waals surface area (Å²) in [5.74, 6) is -0.605. The van der Waals surface area contributed by atoms with Gasteiger partial charge in [0.05, 0.1) is 18.2 Å². The Morgan fingerprint density at radius 3 is 2.69 bits per heavy atom. The number of nitrogens with zero attached hydrogens (tertiary/aromatic N) is 1. The zero-order valence-corrected chi connectivity index (χ0v) is 16.6. The molecular weight excluding hydrogens is 396 g/mol. The third-order valence-corrected chi connectivity index (χ3v) is 4.71. The minimum atomic E-state index is -0.559. The van der Waals surface area contributed by atoms with Gasteiger partial charge in [0.25, 0.3) is 11.8 Å². The molecule has 1 N–H and O–H groups in total. The van der Waals surface area contributed by atoms with Crippen molar-refractivity contribution in [3.63, 3.8) is 0 Å². The van der Waals surface area contributed by atoms with Crippen molar-refractivity contribution >= 4 is 35.1 Å². The van der Waals surface area contributed by atoms with Gasteiger partial charge < -0.3 is 19.7 Å². The molecule has 0 radical (unpaired) electrons. The SMILES string of the molecule is C[C@H](NC(=O)COC(=O)CCN1C(=O)COc2ccccc21)c1ccc(Cl)cc1. The Kier molecular flexibility index (Phi) is 6.72. The quantitative estimate of drug-likeness (QED) is 0.701. The average Bonchev–Trinajstić information content (AvgIpc) is 2.72. The molecule has 0 spiro atoms. The standard InChI is InChI=1S/C21H21ClN2O5/c1-14(15-6-8-16(22)9-7-15)23-19(25)12-29-21(27)10-11-24-17-4-2-3-5-18(17)28-13-20(24)26/h2-9,14H,10-13H2,1H3,(H,23,25)/t14-/m0/s1. The van der Waals surface area contributed by atoms with E-state index in [1.807, 2.05) is 25.1 Å². The number of esters is 1. The van der Waals surface area contributed by atoms with Gasteiger partial charge in [-0.25, -0.2) is 0 Å². The molecule has 0 saturated heterocycles. The van der Waals surface area contributed by atoms with Crippen LogP contribution in [0.1, 0.15) is 24.9 Å². The number of hydrogen-bond acceptors (Lipinski definition) is 5. The summed E-state index contributed by atoms with van der Waals surface area (Å²) in [6.07, 6.45) is -0.0277. The van der Waals surface area contributed by atoms with E-state index < -0.39 is 11.9 Å². The highest BCUT2D eigenvalue weighted by Gasteiger charge is 2.25. The van der Waals surface area contributed by atoms with Crippen molar-refractivity contribution < 1.29 is 23.9 Å². The van der Waals surface area contributed by atoms with Crippen molar-refractivity contribution in [2.75, 3.05) is 24.7 Å². The lowest BCUT2D eigenvalue weighted by atomic mass is 10.1. The Labute approximate surface area is 173 Å². The summed E-state index contributed by atoms with van der Waals surface area (Å²) in [5, 5.41) is 3.37. The Morgan fingerprint density at radius 1 is 1.21 bits per heavy atom. The Bertz CT molecular complexity index is 900. The Morgan fingerprint density at radius 2 is 1.93 bits per heavy atom.